The minimum absolute atomic E-state index is 0.0671. The third-order valence-electron chi connectivity index (χ3n) is 4.08. The maximum absolute atomic E-state index is 14.0. The molecule has 6 heteroatoms. The van der Waals surface area contributed by atoms with Gasteiger partial charge in [-0.15, -0.1) is 0 Å². The van der Waals surface area contributed by atoms with E-state index in [2.05, 4.69) is 0 Å². The largest absolute Gasteiger partial charge is 0.507 e. The summed E-state index contributed by atoms with van der Waals surface area (Å²) in [5.74, 6) is -3.37. The van der Waals surface area contributed by atoms with Gasteiger partial charge in [-0.05, 0) is 36.2 Å². The van der Waals surface area contributed by atoms with E-state index < -0.39 is 23.7 Å². The molecule has 0 spiro atoms. The summed E-state index contributed by atoms with van der Waals surface area (Å²) in [5.41, 5.74) is 1.67. The van der Waals surface area contributed by atoms with E-state index in [1.807, 2.05) is 30.3 Å². The molecule has 3 aromatic rings. The fourth-order valence-corrected chi connectivity index (χ4v) is 2.45. The highest BCUT2D eigenvalue weighted by Gasteiger charge is 2.15. The van der Waals surface area contributed by atoms with Gasteiger partial charge in [-0.25, -0.2) is 9.18 Å². The van der Waals surface area contributed by atoms with Crippen molar-refractivity contribution in [3.8, 4) is 16.9 Å². The zero-order valence-corrected chi connectivity index (χ0v) is 15.0. The minimum Gasteiger partial charge on any atom is -0.507 e. The van der Waals surface area contributed by atoms with Crippen LogP contribution in [-0.2, 0) is 4.79 Å². The van der Waals surface area contributed by atoms with Crippen LogP contribution in [0.1, 0.15) is 28.8 Å². The second kappa shape index (κ2) is 9.32. The number of halogens is 1. The standard InChI is InChI=1S/C15H13FO2.C7H6O3/c1-10(15(17)18)12-7-8-13(14(16)9-12)11-5-3-2-4-6-11;8-6-4-2-1-3-5(6)7(9)10/h2-10H,1H3,(H,17,18);1-4,8H,(H,9,10)/t10-;/m0./s1. The van der Waals surface area contributed by atoms with Gasteiger partial charge in [-0.2, -0.15) is 0 Å². The van der Waals surface area contributed by atoms with Crippen molar-refractivity contribution in [1.82, 2.24) is 0 Å². The Morgan fingerprint density at radius 2 is 1.50 bits per heavy atom. The van der Waals surface area contributed by atoms with Crippen molar-refractivity contribution in [2.24, 2.45) is 0 Å². The molecule has 0 aliphatic carbocycles. The normalized spacial score (nSPS) is 11.1. The molecule has 144 valence electrons. The number of aromatic hydroxyl groups is 1. The fourth-order valence-electron chi connectivity index (χ4n) is 2.45. The van der Waals surface area contributed by atoms with Gasteiger partial charge in [0.1, 0.15) is 17.1 Å². The minimum atomic E-state index is -1.11. The van der Waals surface area contributed by atoms with Gasteiger partial charge in [-0.1, -0.05) is 54.6 Å². The molecule has 0 radical (unpaired) electrons. The van der Waals surface area contributed by atoms with Crippen LogP contribution in [-0.4, -0.2) is 27.3 Å². The van der Waals surface area contributed by atoms with Gasteiger partial charge in [0.25, 0.3) is 0 Å². The molecule has 1 atom stereocenters. The van der Waals surface area contributed by atoms with Gasteiger partial charge in [0.15, 0.2) is 0 Å². The van der Waals surface area contributed by atoms with Gasteiger partial charge >= 0.3 is 11.9 Å². The summed E-state index contributed by atoms with van der Waals surface area (Å²) in [7, 11) is 0. The monoisotopic (exact) mass is 382 g/mol. The van der Waals surface area contributed by atoms with Crippen molar-refractivity contribution in [3.63, 3.8) is 0 Å². The molecule has 0 saturated carbocycles. The van der Waals surface area contributed by atoms with E-state index >= 15 is 0 Å². The van der Waals surface area contributed by atoms with Crippen molar-refractivity contribution >= 4 is 11.9 Å². The predicted molar refractivity (Wildman–Crippen MR) is 103 cm³/mol. The molecule has 5 nitrogen and oxygen atoms in total. The summed E-state index contributed by atoms with van der Waals surface area (Å²) in [6, 6.07) is 19.6. The third kappa shape index (κ3) is 5.17. The number of carbonyl (C=O) groups is 2. The molecule has 0 aliphatic rings. The number of benzene rings is 3. The highest BCUT2D eigenvalue weighted by Crippen LogP contribution is 2.26. The Bertz CT molecular complexity index is 970. The Labute approximate surface area is 161 Å². The first-order chi connectivity index (χ1) is 13.3. The van der Waals surface area contributed by atoms with Crippen molar-refractivity contribution in [1.29, 1.82) is 0 Å². The topological polar surface area (TPSA) is 94.8 Å². The van der Waals surface area contributed by atoms with Crippen LogP contribution in [0.5, 0.6) is 5.75 Å². The molecule has 0 aromatic heterocycles. The fraction of sp³-hybridized carbons (Fsp3) is 0.0909. The summed E-state index contributed by atoms with van der Waals surface area (Å²) in [5, 5.41) is 26.2. The zero-order valence-electron chi connectivity index (χ0n) is 15.0. The average molecular weight is 382 g/mol. The molecular weight excluding hydrogens is 363 g/mol. The number of phenols is 1. The Hall–Kier alpha value is -3.67. The van der Waals surface area contributed by atoms with Crippen LogP contribution in [0.25, 0.3) is 11.1 Å². The zero-order chi connectivity index (χ0) is 20.7. The van der Waals surface area contributed by atoms with Gasteiger partial charge in [0, 0.05) is 5.56 Å². The summed E-state index contributed by atoms with van der Waals surface area (Å²) >= 11 is 0. The van der Waals surface area contributed by atoms with Crippen LogP contribution in [0.2, 0.25) is 0 Å². The first-order valence-electron chi connectivity index (χ1n) is 8.40. The van der Waals surface area contributed by atoms with E-state index in [9.17, 15) is 14.0 Å². The SMILES string of the molecule is C[C@H](C(=O)O)c1ccc(-c2ccccc2)c(F)c1.O=C(O)c1ccccc1O. The molecule has 28 heavy (non-hydrogen) atoms. The Morgan fingerprint density at radius 1 is 0.893 bits per heavy atom. The maximum atomic E-state index is 14.0. The highest BCUT2D eigenvalue weighted by molar-refractivity contribution is 5.90. The van der Waals surface area contributed by atoms with Gasteiger partial charge < -0.3 is 15.3 Å². The molecule has 0 fully saturated rings. The lowest BCUT2D eigenvalue weighted by Crippen LogP contribution is -2.07. The number of hydrogen-bond acceptors (Lipinski definition) is 3. The van der Waals surface area contributed by atoms with Gasteiger partial charge in [0.05, 0.1) is 5.92 Å². The molecule has 0 amide bonds. The molecule has 3 aromatic carbocycles. The van der Waals surface area contributed by atoms with Crippen LogP contribution in [0.15, 0.2) is 72.8 Å². The molecule has 0 unspecified atom stereocenters. The molecule has 0 heterocycles. The van der Waals surface area contributed by atoms with Crippen molar-refractivity contribution in [2.75, 3.05) is 0 Å². The number of carboxylic acids is 2. The highest BCUT2D eigenvalue weighted by atomic mass is 19.1. The Kier molecular flexibility index (Phi) is 6.87. The Balaban J connectivity index is 0.000000237. The quantitative estimate of drug-likeness (QED) is 0.604. The van der Waals surface area contributed by atoms with Crippen LogP contribution in [0, 0.1) is 5.82 Å². The molecule has 3 N–H and O–H groups in total. The number of hydrogen-bond donors (Lipinski definition) is 3. The van der Waals surface area contributed by atoms with E-state index in [0.29, 0.717) is 11.1 Å². The number of carboxylic acid groups (broad SMARTS) is 2. The van der Waals surface area contributed by atoms with E-state index in [1.165, 1.54) is 18.2 Å². The van der Waals surface area contributed by atoms with Crippen LogP contribution < -0.4 is 0 Å². The summed E-state index contributed by atoms with van der Waals surface area (Å²) in [6.07, 6.45) is 0. The van der Waals surface area contributed by atoms with E-state index in [4.69, 9.17) is 15.3 Å². The molecule has 0 saturated heterocycles. The van der Waals surface area contributed by atoms with Crippen molar-refractivity contribution in [2.45, 2.75) is 12.8 Å². The number of aromatic carboxylic acids is 1. The molecule has 3 rings (SSSR count). The lowest BCUT2D eigenvalue weighted by Gasteiger charge is -2.09. The second-order valence-corrected chi connectivity index (χ2v) is 5.99. The van der Waals surface area contributed by atoms with E-state index in [0.717, 1.165) is 5.56 Å². The first kappa shape index (κ1) is 20.6. The third-order valence-corrected chi connectivity index (χ3v) is 4.08. The van der Waals surface area contributed by atoms with Crippen LogP contribution >= 0.6 is 0 Å². The number of rotatable bonds is 4. The molecule has 0 aliphatic heterocycles. The van der Waals surface area contributed by atoms with Crippen LogP contribution in [0.3, 0.4) is 0 Å². The van der Waals surface area contributed by atoms with Crippen molar-refractivity contribution in [3.05, 3.63) is 89.7 Å². The van der Waals surface area contributed by atoms with Crippen molar-refractivity contribution < 1.29 is 29.3 Å². The summed E-state index contributed by atoms with van der Waals surface area (Å²) in [6.45, 7) is 1.54. The predicted octanol–water partition coefficient (Wildman–Crippen LogP) is 4.77. The second-order valence-electron chi connectivity index (χ2n) is 5.99. The number of aliphatic carboxylic acids is 1. The van der Waals surface area contributed by atoms with Gasteiger partial charge in [-0.3, -0.25) is 4.79 Å². The smallest absolute Gasteiger partial charge is 0.339 e. The summed E-state index contributed by atoms with van der Waals surface area (Å²) in [4.78, 5) is 21.1. The maximum Gasteiger partial charge on any atom is 0.339 e. The lowest BCUT2D eigenvalue weighted by molar-refractivity contribution is -0.138. The van der Waals surface area contributed by atoms with E-state index in [1.54, 1.807) is 31.2 Å². The summed E-state index contributed by atoms with van der Waals surface area (Å²) < 4.78 is 14.0. The lowest BCUT2D eigenvalue weighted by atomic mass is 9.97. The number of para-hydroxylation sites is 1. The molecule has 0 bridgehead atoms. The van der Waals surface area contributed by atoms with Crippen LogP contribution in [0.4, 0.5) is 4.39 Å². The first-order valence-corrected chi connectivity index (χ1v) is 8.40. The molecular formula is C22H19FO5. The van der Waals surface area contributed by atoms with E-state index in [-0.39, 0.29) is 11.3 Å². The van der Waals surface area contributed by atoms with Gasteiger partial charge in [0.2, 0.25) is 0 Å². The average Bonchev–Trinajstić information content (AvgIpc) is 2.68. The Morgan fingerprint density at radius 3 is 2.00 bits per heavy atom.